The molecule has 0 bridgehead atoms. The third-order valence-corrected chi connectivity index (χ3v) is 4.71. The summed E-state index contributed by atoms with van der Waals surface area (Å²) in [6, 6.07) is 4.86. The molecule has 3 nitrogen and oxygen atoms in total. The minimum atomic E-state index is -4.73. The van der Waals surface area contributed by atoms with Crippen LogP contribution in [-0.4, -0.2) is 12.3 Å². The fourth-order valence-electron chi connectivity index (χ4n) is 3.43. The van der Waals surface area contributed by atoms with Crippen LogP contribution in [0.5, 0.6) is 11.5 Å². The van der Waals surface area contributed by atoms with Crippen molar-refractivity contribution in [3.8, 4) is 11.5 Å². The molecular formula is C19H25F3O3. The van der Waals surface area contributed by atoms with E-state index in [0.717, 1.165) is 24.5 Å². The Labute approximate surface area is 146 Å². The monoisotopic (exact) mass is 358 g/mol. The van der Waals surface area contributed by atoms with Gasteiger partial charge in [-0.2, -0.15) is 0 Å². The highest BCUT2D eigenvalue weighted by Gasteiger charge is 2.31. The lowest BCUT2D eigenvalue weighted by Gasteiger charge is -2.28. The van der Waals surface area contributed by atoms with Gasteiger partial charge in [-0.3, -0.25) is 4.79 Å². The first kappa shape index (κ1) is 19.6. The maximum atomic E-state index is 12.1. The second-order valence-corrected chi connectivity index (χ2v) is 6.71. The number of carbonyl (C=O) groups excluding carboxylic acids is 1. The quantitative estimate of drug-likeness (QED) is 0.451. The smallest absolute Gasteiger partial charge is 0.427 e. The van der Waals surface area contributed by atoms with Crippen LogP contribution in [0.4, 0.5) is 13.2 Å². The van der Waals surface area contributed by atoms with E-state index in [-0.39, 0.29) is 17.5 Å². The molecule has 0 spiro atoms. The van der Waals surface area contributed by atoms with Gasteiger partial charge in [-0.1, -0.05) is 45.4 Å². The van der Waals surface area contributed by atoms with Crippen molar-refractivity contribution in [2.24, 2.45) is 11.8 Å². The van der Waals surface area contributed by atoms with E-state index in [1.807, 2.05) is 0 Å². The van der Waals surface area contributed by atoms with Gasteiger partial charge in [0.05, 0.1) is 0 Å². The molecule has 1 aromatic rings. The maximum Gasteiger partial charge on any atom is 0.573 e. The minimum Gasteiger partial charge on any atom is -0.427 e. The van der Waals surface area contributed by atoms with Crippen molar-refractivity contribution in [2.45, 2.75) is 64.7 Å². The summed E-state index contributed by atoms with van der Waals surface area (Å²) < 4.78 is 45.2. The van der Waals surface area contributed by atoms with Crippen molar-refractivity contribution in [1.29, 1.82) is 0 Å². The molecule has 1 aliphatic rings. The highest BCUT2D eigenvalue weighted by molar-refractivity contribution is 5.72. The van der Waals surface area contributed by atoms with Crippen molar-refractivity contribution in [3.05, 3.63) is 24.3 Å². The topological polar surface area (TPSA) is 35.5 Å². The Balaban J connectivity index is 1.70. The van der Waals surface area contributed by atoms with E-state index in [0.29, 0.717) is 12.3 Å². The van der Waals surface area contributed by atoms with Crippen LogP contribution >= 0.6 is 0 Å². The highest BCUT2D eigenvalue weighted by atomic mass is 19.4. The van der Waals surface area contributed by atoms with Crippen molar-refractivity contribution in [3.63, 3.8) is 0 Å². The number of esters is 1. The molecule has 2 rings (SSSR count). The number of halogens is 3. The van der Waals surface area contributed by atoms with Crippen LogP contribution < -0.4 is 9.47 Å². The van der Waals surface area contributed by atoms with E-state index in [4.69, 9.17) is 4.74 Å². The summed E-state index contributed by atoms with van der Waals surface area (Å²) in [4.78, 5) is 11.9. The Morgan fingerprint density at radius 3 is 2.04 bits per heavy atom. The normalized spacial score (nSPS) is 21.0. The molecule has 0 radical (unpaired) electrons. The van der Waals surface area contributed by atoms with E-state index < -0.39 is 6.36 Å². The van der Waals surface area contributed by atoms with Crippen molar-refractivity contribution in [2.75, 3.05) is 0 Å². The van der Waals surface area contributed by atoms with Crippen molar-refractivity contribution in [1.82, 2.24) is 0 Å². The molecular weight excluding hydrogens is 333 g/mol. The Morgan fingerprint density at radius 1 is 1.00 bits per heavy atom. The standard InChI is InChI=1S/C19H25F3O3/c1-2-3-14-4-6-15(7-5-14)8-13-18(23)24-16-9-11-17(12-10-16)25-19(20,21)22/h9-12,14-15H,2-8,13H2,1H3. The first-order valence-electron chi connectivity index (χ1n) is 8.92. The molecule has 0 aromatic heterocycles. The molecule has 0 saturated heterocycles. The fraction of sp³-hybridized carbons (Fsp3) is 0.632. The van der Waals surface area contributed by atoms with Crippen molar-refractivity contribution < 1.29 is 27.4 Å². The molecule has 25 heavy (non-hydrogen) atoms. The summed E-state index contributed by atoms with van der Waals surface area (Å²) in [5.41, 5.74) is 0. The summed E-state index contributed by atoms with van der Waals surface area (Å²) in [5, 5.41) is 0. The van der Waals surface area contributed by atoms with Crippen LogP contribution in [0.15, 0.2) is 24.3 Å². The summed E-state index contributed by atoms with van der Waals surface area (Å²) in [6.07, 6.45) is 3.77. The van der Waals surface area contributed by atoms with E-state index in [1.54, 1.807) is 0 Å². The van der Waals surface area contributed by atoms with Gasteiger partial charge in [0, 0.05) is 6.42 Å². The number of benzene rings is 1. The molecule has 0 atom stereocenters. The van der Waals surface area contributed by atoms with Gasteiger partial charge in [-0.15, -0.1) is 13.2 Å². The van der Waals surface area contributed by atoms with E-state index in [2.05, 4.69) is 11.7 Å². The first-order valence-corrected chi connectivity index (χ1v) is 8.92. The van der Waals surface area contributed by atoms with Gasteiger partial charge in [0.2, 0.25) is 0 Å². The zero-order valence-corrected chi connectivity index (χ0v) is 14.5. The summed E-state index contributed by atoms with van der Waals surface area (Å²) in [6.45, 7) is 2.21. The van der Waals surface area contributed by atoms with Crippen LogP contribution in [0, 0.1) is 11.8 Å². The fourth-order valence-corrected chi connectivity index (χ4v) is 3.43. The van der Waals surface area contributed by atoms with E-state index >= 15 is 0 Å². The van der Waals surface area contributed by atoms with E-state index in [1.165, 1.54) is 50.7 Å². The predicted molar refractivity (Wildman–Crippen MR) is 88.4 cm³/mol. The molecule has 140 valence electrons. The number of rotatable bonds is 7. The molecule has 0 N–H and O–H groups in total. The Kier molecular flexibility index (Phi) is 7.14. The lowest BCUT2D eigenvalue weighted by Crippen LogP contribution is -2.17. The molecule has 1 saturated carbocycles. The van der Waals surface area contributed by atoms with Gasteiger partial charge >= 0.3 is 12.3 Å². The number of hydrogen-bond acceptors (Lipinski definition) is 3. The second-order valence-electron chi connectivity index (χ2n) is 6.71. The van der Waals surface area contributed by atoms with Gasteiger partial charge in [-0.05, 0) is 42.5 Å². The number of carbonyl (C=O) groups is 1. The lowest BCUT2D eigenvalue weighted by atomic mass is 9.78. The average molecular weight is 358 g/mol. The molecule has 1 fully saturated rings. The van der Waals surface area contributed by atoms with Crippen LogP contribution in [-0.2, 0) is 4.79 Å². The summed E-state index contributed by atoms with van der Waals surface area (Å²) in [5.74, 6) is 0.955. The molecule has 0 heterocycles. The molecule has 0 amide bonds. The zero-order valence-electron chi connectivity index (χ0n) is 14.5. The maximum absolute atomic E-state index is 12.1. The second kappa shape index (κ2) is 9.11. The van der Waals surface area contributed by atoms with Gasteiger partial charge < -0.3 is 9.47 Å². The molecule has 1 aromatic carbocycles. The van der Waals surface area contributed by atoms with Crippen LogP contribution in [0.2, 0.25) is 0 Å². The molecule has 0 unspecified atom stereocenters. The molecule has 1 aliphatic carbocycles. The Hall–Kier alpha value is -1.72. The van der Waals surface area contributed by atoms with Gasteiger partial charge in [0.1, 0.15) is 11.5 Å². The number of alkyl halides is 3. The Bertz CT molecular complexity index is 532. The average Bonchev–Trinajstić information content (AvgIpc) is 2.55. The Morgan fingerprint density at radius 2 is 1.52 bits per heavy atom. The van der Waals surface area contributed by atoms with Crippen molar-refractivity contribution >= 4 is 5.97 Å². The van der Waals surface area contributed by atoms with Crippen LogP contribution in [0.3, 0.4) is 0 Å². The third-order valence-electron chi connectivity index (χ3n) is 4.71. The van der Waals surface area contributed by atoms with Crippen LogP contribution in [0.25, 0.3) is 0 Å². The van der Waals surface area contributed by atoms with Gasteiger partial charge in [0.15, 0.2) is 0 Å². The predicted octanol–water partition coefficient (Wildman–Crippen LogP) is 5.88. The third kappa shape index (κ3) is 7.36. The van der Waals surface area contributed by atoms with Gasteiger partial charge in [-0.25, -0.2) is 0 Å². The summed E-state index contributed by atoms with van der Waals surface area (Å²) >= 11 is 0. The number of ether oxygens (including phenoxy) is 2. The molecule has 6 heteroatoms. The zero-order chi connectivity index (χ0) is 18.3. The minimum absolute atomic E-state index is 0.228. The number of hydrogen-bond donors (Lipinski definition) is 0. The summed E-state index contributed by atoms with van der Waals surface area (Å²) in [7, 11) is 0. The van der Waals surface area contributed by atoms with Crippen LogP contribution in [0.1, 0.15) is 58.3 Å². The van der Waals surface area contributed by atoms with Gasteiger partial charge in [0.25, 0.3) is 0 Å². The highest BCUT2D eigenvalue weighted by Crippen LogP contribution is 2.34. The van der Waals surface area contributed by atoms with E-state index in [9.17, 15) is 18.0 Å². The first-order chi connectivity index (χ1) is 11.9. The molecule has 0 aliphatic heterocycles. The largest absolute Gasteiger partial charge is 0.573 e. The SMILES string of the molecule is CCCC1CCC(CCC(=O)Oc2ccc(OC(F)(F)F)cc2)CC1. The lowest BCUT2D eigenvalue weighted by molar-refractivity contribution is -0.274.